The fourth-order valence-electron chi connectivity index (χ4n) is 7.14. The summed E-state index contributed by atoms with van der Waals surface area (Å²) >= 11 is 0. The zero-order valence-corrected chi connectivity index (χ0v) is 26.2. The van der Waals surface area contributed by atoms with Gasteiger partial charge in [0.1, 0.15) is 0 Å². The van der Waals surface area contributed by atoms with Crippen LogP contribution < -0.4 is 15.1 Å². The Morgan fingerprint density at radius 1 is 1.23 bits per heavy atom. The van der Waals surface area contributed by atoms with Gasteiger partial charge in [0.2, 0.25) is 11.8 Å². The first-order chi connectivity index (χ1) is 20.5. The SMILES string of the molecule is C=CCN1C(=O)[C@]2(O[C@H](CC(=O)N(CCO)Cc3ccccc3)[C@@H]([Si](C)(C)O)[C@@H]2C)c2cc(N3CCNCC3=O)ccc21. The molecule has 11 heteroatoms. The average Bonchev–Trinajstić information content (AvgIpc) is 3.40. The van der Waals surface area contributed by atoms with Gasteiger partial charge in [0, 0.05) is 55.4 Å². The predicted octanol–water partition coefficient (Wildman–Crippen LogP) is 2.36. The molecule has 43 heavy (non-hydrogen) atoms. The fourth-order valence-corrected chi connectivity index (χ4v) is 9.69. The van der Waals surface area contributed by atoms with Crippen molar-refractivity contribution >= 4 is 37.4 Å². The van der Waals surface area contributed by atoms with Crippen molar-refractivity contribution in [1.29, 1.82) is 0 Å². The van der Waals surface area contributed by atoms with E-state index in [9.17, 15) is 24.3 Å². The summed E-state index contributed by atoms with van der Waals surface area (Å²) in [5.74, 6) is -0.981. The molecule has 0 aromatic heterocycles. The van der Waals surface area contributed by atoms with Crippen LogP contribution in [0, 0.1) is 5.92 Å². The maximum absolute atomic E-state index is 14.4. The van der Waals surface area contributed by atoms with E-state index in [0.29, 0.717) is 36.6 Å². The number of aliphatic hydroxyl groups is 1. The molecule has 2 aromatic carbocycles. The number of hydrogen-bond donors (Lipinski definition) is 3. The van der Waals surface area contributed by atoms with Crippen molar-refractivity contribution in [3.8, 4) is 0 Å². The van der Waals surface area contributed by atoms with Crippen LogP contribution in [0.2, 0.25) is 18.6 Å². The van der Waals surface area contributed by atoms with Crippen molar-refractivity contribution in [2.45, 2.75) is 50.2 Å². The molecule has 3 amide bonds. The van der Waals surface area contributed by atoms with Gasteiger partial charge in [-0.25, -0.2) is 0 Å². The van der Waals surface area contributed by atoms with E-state index in [1.54, 1.807) is 20.8 Å². The van der Waals surface area contributed by atoms with E-state index in [0.717, 1.165) is 5.56 Å². The predicted molar refractivity (Wildman–Crippen MR) is 167 cm³/mol. The first-order valence-electron chi connectivity index (χ1n) is 14.9. The Morgan fingerprint density at radius 2 is 1.98 bits per heavy atom. The summed E-state index contributed by atoms with van der Waals surface area (Å²) in [6.07, 6.45) is 0.893. The molecule has 5 rings (SSSR count). The largest absolute Gasteiger partial charge is 0.432 e. The maximum Gasteiger partial charge on any atom is 0.264 e. The van der Waals surface area contributed by atoms with Crippen molar-refractivity contribution in [1.82, 2.24) is 10.2 Å². The van der Waals surface area contributed by atoms with Crippen molar-refractivity contribution in [3.05, 3.63) is 72.3 Å². The topological polar surface area (TPSA) is 123 Å². The molecule has 230 valence electrons. The van der Waals surface area contributed by atoms with Crippen LogP contribution in [0.4, 0.5) is 11.4 Å². The Morgan fingerprint density at radius 3 is 2.63 bits per heavy atom. The van der Waals surface area contributed by atoms with Crippen LogP contribution in [0.1, 0.15) is 24.5 Å². The van der Waals surface area contributed by atoms with Gasteiger partial charge < -0.3 is 34.7 Å². The number of amides is 3. The van der Waals surface area contributed by atoms with E-state index in [4.69, 9.17) is 4.74 Å². The lowest BCUT2D eigenvalue weighted by Crippen LogP contribution is -2.48. The molecule has 0 saturated carbocycles. The van der Waals surface area contributed by atoms with Crippen LogP contribution in [-0.2, 0) is 31.3 Å². The summed E-state index contributed by atoms with van der Waals surface area (Å²) < 4.78 is 6.82. The molecule has 2 saturated heterocycles. The first kappa shape index (κ1) is 31.1. The number of fused-ring (bicyclic) bond motifs is 2. The Hall–Kier alpha value is -3.35. The molecule has 0 bridgehead atoms. The number of nitrogens with one attached hydrogen (secondary N) is 1. The summed E-state index contributed by atoms with van der Waals surface area (Å²) in [6, 6.07) is 15.1. The number of piperazine rings is 1. The van der Waals surface area contributed by atoms with Crippen molar-refractivity contribution in [2.75, 3.05) is 49.1 Å². The highest BCUT2D eigenvalue weighted by molar-refractivity contribution is 6.71. The number of hydrogen-bond acceptors (Lipinski definition) is 7. The Bertz CT molecular complexity index is 1380. The van der Waals surface area contributed by atoms with Crippen LogP contribution in [0.25, 0.3) is 0 Å². The van der Waals surface area contributed by atoms with Gasteiger partial charge >= 0.3 is 0 Å². The Labute approximate surface area is 254 Å². The fraction of sp³-hybridized carbons (Fsp3) is 0.469. The number of ether oxygens (including phenoxy) is 1. The van der Waals surface area contributed by atoms with Gasteiger partial charge in [-0.05, 0) is 36.9 Å². The van der Waals surface area contributed by atoms with Crippen molar-refractivity contribution in [2.24, 2.45) is 5.92 Å². The second kappa shape index (κ2) is 12.3. The minimum atomic E-state index is -3.00. The van der Waals surface area contributed by atoms with E-state index < -0.39 is 31.5 Å². The van der Waals surface area contributed by atoms with Gasteiger partial charge in [-0.2, -0.15) is 0 Å². The monoisotopic (exact) mass is 606 g/mol. The minimum Gasteiger partial charge on any atom is -0.432 e. The van der Waals surface area contributed by atoms with Crippen molar-refractivity contribution < 1.29 is 29.0 Å². The van der Waals surface area contributed by atoms with Gasteiger partial charge in [0.05, 0.1) is 31.4 Å². The highest BCUT2D eigenvalue weighted by Crippen LogP contribution is 2.60. The molecule has 1 spiro atoms. The Balaban J connectivity index is 1.53. The highest BCUT2D eigenvalue weighted by Gasteiger charge is 2.66. The summed E-state index contributed by atoms with van der Waals surface area (Å²) in [5, 5.41) is 12.8. The summed E-state index contributed by atoms with van der Waals surface area (Å²) in [6.45, 7) is 11.4. The van der Waals surface area contributed by atoms with Gasteiger partial charge in [0.15, 0.2) is 13.9 Å². The third kappa shape index (κ3) is 5.67. The summed E-state index contributed by atoms with van der Waals surface area (Å²) in [4.78, 5) is 57.5. The summed E-state index contributed by atoms with van der Waals surface area (Å²) in [7, 11) is -3.00. The molecule has 4 atom stereocenters. The third-order valence-corrected chi connectivity index (χ3v) is 11.5. The van der Waals surface area contributed by atoms with Crippen molar-refractivity contribution in [3.63, 3.8) is 0 Å². The van der Waals surface area contributed by atoms with E-state index in [1.165, 1.54) is 0 Å². The second-order valence-electron chi connectivity index (χ2n) is 12.2. The molecule has 3 aliphatic rings. The lowest BCUT2D eigenvalue weighted by Gasteiger charge is -2.33. The molecule has 0 aliphatic carbocycles. The first-order valence-corrected chi connectivity index (χ1v) is 18.0. The Kier molecular flexibility index (Phi) is 8.91. The summed E-state index contributed by atoms with van der Waals surface area (Å²) in [5.41, 5.74) is 1.07. The van der Waals surface area contributed by atoms with Crippen LogP contribution in [0.3, 0.4) is 0 Å². The van der Waals surface area contributed by atoms with Crippen LogP contribution in [0.5, 0.6) is 0 Å². The van der Waals surface area contributed by atoms with Crippen LogP contribution in [-0.4, -0.2) is 86.3 Å². The number of carbonyl (C=O) groups excluding carboxylic acids is 3. The molecule has 3 heterocycles. The lowest BCUT2D eigenvalue weighted by molar-refractivity contribution is -0.149. The number of aliphatic hydroxyl groups excluding tert-OH is 1. The van der Waals surface area contributed by atoms with Gasteiger partial charge in [-0.1, -0.05) is 43.3 Å². The normalized spacial score (nSPS) is 25.4. The lowest BCUT2D eigenvalue weighted by atomic mass is 9.82. The molecular weight excluding hydrogens is 564 g/mol. The zero-order chi connectivity index (χ0) is 30.9. The molecular formula is C32H42N4O6Si. The standard InChI is InChI=1S/C32H42N4O6Si/c1-5-14-36-26-12-11-24(35-15-13-33-20-29(35)39)18-25(26)32(31(36)40)22(2)30(43(3,4)41)27(42-32)19-28(38)34(16-17-37)21-23-9-7-6-8-10-23/h5-12,18,22,27,30,33,37,41H,1,13-17,19-21H2,2-4H3/t22-,27+,30-,32+/m0/s1. The molecule has 10 nitrogen and oxygen atoms in total. The zero-order valence-electron chi connectivity index (χ0n) is 25.2. The smallest absolute Gasteiger partial charge is 0.264 e. The number of nitrogens with zero attached hydrogens (tertiary/aromatic N) is 3. The van der Waals surface area contributed by atoms with E-state index >= 15 is 0 Å². The average molecular weight is 607 g/mol. The van der Waals surface area contributed by atoms with Gasteiger partial charge in [-0.15, -0.1) is 6.58 Å². The molecule has 3 aliphatic heterocycles. The van der Waals surface area contributed by atoms with Gasteiger partial charge in [-0.3, -0.25) is 14.4 Å². The van der Waals surface area contributed by atoms with Crippen LogP contribution in [0.15, 0.2) is 61.2 Å². The quantitative estimate of drug-likeness (QED) is 0.280. The molecule has 2 aromatic rings. The maximum atomic E-state index is 14.4. The van der Waals surface area contributed by atoms with Crippen LogP contribution >= 0.6 is 0 Å². The van der Waals surface area contributed by atoms with E-state index in [2.05, 4.69) is 11.9 Å². The molecule has 2 fully saturated rings. The molecule has 0 radical (unpaired) electrons. The highest BCUT2D eigenvalue weighted by atomic mass is 28.4. The minimum absolute atomic E-state index is 0.0410. The number of rotatable bonds is 10. The van der Waals surface area contributed by atoms with E-state index in [-0.39, 0.29) is 50.4 Å². The molecule has 0 unspecified atom stereocenters. The third-order valence-electron chi connectivity index (χ3n) is 8.99. The second-order valence-corrected chi connectivity index (χ2v) is 16.2. The van der Waals surface area contributed by atoms with Gasteiger partial charge in [0.25, 0.3) is 5.91 Å². The number of anilines is 2. The number of benzene rings is 2. The number of carbonyl (C=O) groups is 3. The molecule has 3 N–H and O–H groups in total. The van der Waals surface area contributed by atoms with E-state index in [1.807, 2.05) is 68.5 Å².